The molecule has 0 radical (unpaired) electrons. The molecule has 1 atom stereocenters. The summed E-state index contributed by atoms with van der Waals surface area (Å²) in [6, 6.07) is 12.3. The van der Waals surface area contributed by atoms with Crippen LogP contribution in [0.5, 0.6) is 11.5 Å². The molecule has 1 unspecified atom stereocenters. The molecule has 0 saturated heterocycles. The summed E-state index contributed by atoms with van der Waals surface area (Å²) >= 11 is -2.17. The van der Waals surface area contributed by atoms with Crippen molar-refractivity contribution >= 4 is 28.5 Å². The van der Waals surface area contributed by atoms with E-state index in [0.717, 1.165) is 5.56 Å². The van der Waals surface area contributed by atoms with Crippen molar-refractivity contribution in [1.82, 2.24) is 0 Å². The van der Waals surface area contributed by atoms with Gasteiger partial charge in [-0.15, -0.1) is 0 Å². The molecule has 0 aromatic heterocycles. The van der Waals surface area contributed by atoms with Gasteiger partial charge < -0.3 is 14.8 Å². The molecule has 7 nitrogen and oxygen atoms in total. The van der Waals surface area contributed by atoms with E-state index >= 15 is 0 Å². The lowest BCUT2D eigenvalue weighted by Gasteiger charge is -2.20. The molecule has 0 aliphatic carbocycles. The summed E-state index contributed by atoms with van der Waals surface area (Å²) in [6.45, 7) is 1.75. The number of rotatable bonds is 8. The van der Waals surface area contributed by atoms with Gasteiger partial charge in [0.2, 0.25) is 5.91 Å². The summed E-state index contributed by atoms with van der Waals surface area (Å²) in [4.78, 5) is 11.1. The predicted molar refractivity (Wildman–Crippen MR) is 102 cm³/mol. The van der Waals surface area contributed by atoms with Gasteiger partial charge in [-0.25, -0.2) is 4.21 Å². The highest BCUT2D eigenvalue weighted by Crippen LogP contribution is 2.28. The van der Waals surface area contributed by atoms with E-state index in [2.05, 4.69) is 5.32 Å². The second-order valence-electron chi connectivity index (χ2n) is 5.50. The van der Waals surface area contributed by atoms with Crippen molar-refractivity contribution in [2.45, 2.75) is 13.3 Å². The third-order valence-electron chi connectivity index (χ3n) is 3.72. The van der Waals surface area contributed by atoms with Gasteiger partial charge in [0.05, 0.1) is 19.9 Å². The third kappa shape index (κ3) is 5.21. The topological polar surface area (TPSA) is 88.1 Å². The summed E-state index contributed by atoms with van der Waals surface area (Å²) in [5.74, 6) is 1.07. The van der Waals surface area contributed by atoms with Gasteiger partial charge in [-0.05, 0) is 48.4 Å². The molecule has 2 rings (SSSR count). The average Bonchev–Trinajstić information content (AvgIpc) is 2.62. The van der Waals surface area contributed by atoms with Crippen LogP contribution in [-0.4, -0.2) is 35.4 Å². The predicted octanol–water partition coefficient (Wildman–Crippen LogP) is 2.85. The maximum Gasteiger partial charge on any atom is 0.261 e. The summed E-state index contributed by atoms with van der Waals surface area (Å²) < 4.78 is 33.2. The van der Waals surface area contributed by atoms with Crippen LogP contribution in [-0.2, 0) is 22.5 Å². The van der Waals surface area contributed by atoms with Crippen molar-refractivity contribution in [3.63, 3.8) is 0 Å². The molecule has 8 heteroatoms. The SMILES string of the molecule is COc1ccc(CCN(c2ccc(NC(C)=O)cc2)S(=O)O)cc1OC. The molecule has 1 amide bonds. The first kappa shape index (κ1) is 19.7. The Balaban J connectivity index is 2.11. The van der Waals surface area contributed by atoms with Crippen molar-refractivity contribution in [3.05, 3.63) is 48.0 Å². The van der Waals surface area contributed by atoms with Crippen LogP contribution in [0.15, 0.2) is 42.5 Å². The fraction of sp³-hybridized carbons (Fsp3) is 0.278. The van der Waals surface area contributed by atoms with E-state index in [9.17, 15) is 13.6 Å². The Hall–Kier alpha value is -2.58. The highest BCUT2D eigenvalue weighted by molar-refractivity contribution is 7.80. The largest absolute Gasteiger partial charge is 0.493 e. The molecule has 2 aromatic carbocycles. The lowest BCUT2D eigenvalue weighted by Crippen LogP contribution is -2.27. The summed E-state index contributed by atoms with van der Waals surface area (Å²) in [6.07, 6.45) is 0.542. The molecular weight excluding hydrogens is 356 g/mol. The molecule has 0 saturated carbocycles. The molecule has 0 fully saturated rings. The second-order valence-corrected chi connectivity index (χ2v) is 6.40. The Bertz CT molecular complexity index is 780. The van der Waals surface area contributed by atoms with Gasteiger partial charge >= 0.3 is 0 Å². The smallest absolute Gasteiger partial charge is 0.261 e. The maximum atomic E-state index is 11.7. The van der Waals surface area contributed by atoms with Crippen molar-refractivity contribution < 1.29 is 23.0 Å². The van der Waals surface area contributed by atoms with E-state index in [0.29, 0.717) is 35.8 Å². The highest BCUT2D eigenvalue weighted by Gasteiger charge is 2.13. The fourth-order valence-corrected chi connectivity index (χ4v) is 3.03. The quantitative estimate of drug-likeness (QED) is 0.690. The van der Waals surface area contributed by atoms with Crippen LogP contribution < -0.4 is 19.1 Å². The average molecular weight is 378 g/mol. The lowest BCUT2D eigenvalue weighted by atomic mass is 10.1. The Morgan fingerprint density at radius 1 is 1.12 bits per heavy atom. The van der Waals surface area contributed by atoms with Crippen molar-refractivity contribution in [3.8, 4) is 11.5 Å². The van der Waals surface area contributed by atoms with Crippen LogP contribution in [0.3, 0.4) is 0 Å². The first-order chi connectivity index (χ1) is 12.4. The second kappa shape index (κ2) is 9.21. The zero-order chi connectivity index (χ0) is 19.1. The van der Waals surface area contributed by atoms with Gasteiger partial charge in [0.1, 0.15) is 0 Å². The first-order valence-corrected chi connectivity index (χ1v) is 8.98. The van der Waals surface area contributed by atoms with Gasteiger partial charge in [0.15, 0.2) is 11.5 Å². The van der Waals surface area contributed by atoms with Gasteiger partial charge in [-0.1, -0.05) is 6.07 Å². The number of hydrogen-bond donors (Lipinski definition) is 2. The number of carbonyl (C=O) groups excluding carboxylic acids is 1. The molecule has 0 heterocycles. The molecule has 0 aliphatic rings. The summed E-state index contributed by atoms with van der Waals surface area (Å²) in [7, 11) is 3.13. The van der Waals surface area contributed by atoms with E-state index in [1.54, 1.807) is 44.6 Å². The molecule has 26 heavy (non-hydrogen) atoms. The monoisotopic (exact) mass is 378 g/mol. The number of anilines is 2. The summed E-state index contributed by atoms with van der Waals surface area (Å²) in [5, 5.41) is 2.66. The number of nitrogens with zero attached hydrogens (tertiary/aromatic N) is 1. The van der Waals surface area contributed by atoms with Crippen LogP contribution in [0, 0.1) is 0 Å². The van der Waals surface area contributed by atoms with Crippen molar-refractivity contribution in [1.29, 1.82) is 0 Å². The van der Waals surface area contributed by atoms with Crippen molar-refractivity contribution in [2.24, 2.45) is 0 Å². The van der Waals surface area contributed by atoms with E-state index in [1.165, 1.54) is 11.2 Å². The molecular formula is C18H22N2O5S. The number of nitrogens with one attached hydrogen (secondary N) is 1. The normalized spacial score (nSPS) is 11.5. The Morgan fingerprint density at radius 2 is 1.77 bits per heavy atom. The van der Waals surface area contributed by atoms with E-state index in [-0.39, 0.29) is 5.91 Å². The molecule has 0 spiro atoms. The molecule has 2 N–H and O–H groups in total. The minimum Gasteiger partial charge on any atom is -0.493 e. The number of methoxy groups -OCH3 is 2. The van der Waals surface area contributed by atoms with Crippen LogP contribution in [0.25, 0.3) is 0 Å². The number of amides is 1. The van der Waals surface area contributed by atoms with Crippen LogP contribution in [0.2, 0.25) is 0 Å². The zero-order valence-corrected chi connectivity index (χ0v) is 15.7. The Labute approximate surface area is 155 Å². The number of benzene rings is 2. The van der Waals surface area contributed by atoms with Crippen LogP contribution in [0.1, 0.15) is 12.5 Å². The highest BCUT2D eigenvalue weighted by atomic mass is 32.2. The first-order valence-electron chi connectivity index (χ1n) is 7.91. The Kier molecular flexibility index (Phi) is 6.99. The molecule has 0 bridgehead atoms. The fourth-order valence-electron chi connectivity index (χ4n) is 2.48. The Morgan fingerprint density at radius 3 is 2.31 bits per heavy atom. The maximum absolute atomic E-state index is 11.7. The molecule has 2 aromatic rings. The number of hydrogen-bond acceptors (Lipinski definition) is 4. The van der Waals surface area contributed by atoms with E-state index in [1.807, 2.05) is 12.1 Å². The van der Waals surface area contributed by atoms with Gasteiger partial charge in [0, 0.05) is 19.2 Å². The standard InChI is InChI=1S/C18H22N2O5S/c1-13(21)19-15-5-7-16(8-6-15)20(26(22)23)11-10-14-4-9-17(24-2)18(12-14)25-3/h4-9,12H,10-11H2,1-3H3,(H,19,21)(H,22,23). The minimum atomic E-state index is -2.17. The zero-order valence-electron chi connectivity index (χ0n) is 14.9. The van der Waals surface area contributed by atoms with Gasteiger partial charge in [0.25, 0.3) is 11.3 Å². The van der Waals surface area contributed by atoms with Crippen molar-refractivity contribution in [2.75, 3.05) is 30.4 Å². The number of ether oxygens (including phenoxy) is 2. The van der Waals surface area contributed by atoms with Gasteiger partial charge in [-0.3, -0.25) is 13.7 Å². The third-order valence-corrected chi connectivity index (χ3v) is 4.49. The van der Waals surface area contributed by atoms with Gasteiger partial charge in [-0.2, -0.15) is 0 Å². The van der Waals surface area contributed by atoms with Crippen LogP contribution >= 0.6 is 0 Å². The van der Waals surface area contributed by atoms with Crippen LogP contribution in [0.4, 0.5) is 11.4 Å². The van der Waals surface area contributed by atoms with E-state index in [4.69, 9.17) is 9.47 Å². The minimum absolute atomic E-state index is 0.172. The molecule has 0 aliphatic heterocycles. The number of carbonyl (C=O) groups is 1. The summed E-state index contributed by atoms with van der Waals surface area (Å²) in [5.41, 5.74) is 2.16. The lowest BCUT2D eigenvalue weighted by molar-refractivity contribution is -0.114. The van der Waals surface area contributed by atoms with E-state index < -0.39 is 11.3 Å². The molecule has 140 valence electrons.